The number of ether oxygens (including phenoxy) is 1. The Balaban J connectivity index is 2.39. The standard InChI is InChI=1S/C20H15BrF2O/c1-12-16(21)11-15(13-7-3-5-9-17(13)22)20(24-2)19(12)14-8-4-6-10-18(14)23/h3-11H,1-2H3. The Labute approximate surface area is 148 Å². The van der Waals surface area contributed by atoms with Crippen LogP contribution in [0.4, 0.5) is 8.78 Å². The normalized spacial score (nSPS) is 10.7. The number of halogens is 3. The lowest BCUT2D eigenvalue weighted by atomic mass is 9.93. The third-order valence-electron chi connectivity index (χ3n) is 3.99. The number of hydrogen-bond donors (Lipinski definition) is 0. The molecule has 0 aliphatic rings. The molecular formula is C20H15BrF2O. The number of benzene rings is 3. The third-order valence-corrected chi connectivity index (χ3v) is 4.81. The van der Waals surface area contributed by atoms with E-state index in [0.29, 0.717) is 28.0 Å². The van der Waals surface area contributed by atoms with Crippen molar-refractivity contribution in [1.29, 1.82) is 0 Å². The summed E-state index contributed by atoms with van der Waals surface area (Å²) in [5.74, 6) is -0.256. The minimum Gasteiger partial charge on any atom is -0.495 e. The molecule has 1 nitrogen and oxygen atoms in total. The van der Waals surface area contributed by atoms with Gasteiger partial charge < -0.3 is 4.74 Å². The molecule has 0 N–H and O–H groups in total. The lowest BCUT2D eigenvalue weighted by molar-refractivity contribution is 0.417. The summed E-state index contributed by atoms with van der Waals surface area (Å²) < 4.78 is 35.0. The highest BCUT2D eigenvalue weighted by Gasteiger charge is 2.21. The van der Waals surface area contributed by atoms with Crippen molar-refractivity contribution in [3.8, 4) is 28.0 Å². The van der Waals surface area contributed by atoms with Gasteiger partial charge in [-0.05, 0) is 30.7 Å². The fourth-order valence-electron chi connectivity index (χ4n) is 2.80. The van der Waals surface area contributed by atoms with E-state index in [1.165, 1.54) is 19.2 Å². The van der Waals surface area contributed by atoms with Crippen molar-refractivity contribution in [2.45, 2.75) is 6.92 Å². The maximum absolute atomic E-state index is 14.4. The molecule has 0 fully saturated rings. The van der Waals surface area contributed by atoms with Gasteiger partial charge in [0.25, 0.3) is 0 Å². The van der Waals surface area contributed by atoms with Crippen LogP contribution in [0.1, 0.15) is 5.56 Å². The molecule has 0 aliphatic heterocycles. The molecule has 24 heavy (non-hydrogen) atoms. The van der Waals surface area contributed by atoms with Gasteiger partial charge in [-0.1, -0.05) is 52.3 Å². The van der Waals surface area contributed by atoms with Crippen LogP contribution >= 0.6 is 15.9 Å². The Morgan fingerprint density at radius 1 is 0.833 bits per heavy atom. The van der Waals surface area contributed by atoms with Crippen molar-refractivity contribution < 1.29 is 13.5 Å². The molecule has 0 aromatic heterocycles. The van der Waals surface area contributed by atoms with E-state index in [1.807, 2.05) is 6.92 Å². The van der Waals surface area contributed by atoms with Crippen molar-refractivity contribution in [2.75, 3.05) is 7.11 Å². The first-order valence-corrected chi connectivity index (χ1v) is 8.20. The van der Waals surface area contributed by atoms with Gasteiger partial charge in [0.2, 0.25) is 0 Å². The van der Waals surface area contributed by atoms with Gasteiger partial charge in [-0.2, -0.15) is 0 Å². The molecule has 0 bridgehead atoms. The molecule has 4 heteroatoms. The minimum atomic E-state index is -0.356. The second kappa shape index (κ2) is 6.73. The Hall–Kier alpha value is -2.20. The van der Waals surface area contributed by atoms with Crippen LogP contribution in [0.25, 0.3) is 22.3 Å². The molecule has 122 valence electrons. The first-order chi connectivity index (χ1) is 11.5. The van der Waals surface area contributed by atoms with Crippen LogP contribution in [-0.4, -0.2) is 7.11 Å². The monoisotopic (exact) mass is 388 g/mol. The smallest absolute Gasteiger partial charge is 0.135 e. The summed E-state index contributed by atoms with van der Waals surface area (Å²) in [7, 11) is 1.51. The predicted molar refractivity (Wildman–Crippen MR) is 96.2 cm³/mol. The van der Waals surface area contributed by atoms with Gasteiger partial charge in [0.05, 0.1) is 7.11 Å². The molecule has 0 unspecified atom stereocenters. The first kappa shape index (κ1) is 16.7. The first-order valence-electron chi connectivity index (χ1n) is 7.41. The molecule has 0 heterocycles. The van der Waals surface area contributed by atoms with Crippen LogP contribution in [0.3, 0.4) is 0 Å². The third kappa shape index (κ3) is 2.82. The summed E-state index contributed by atoms with van der Waals surface area (Å²) in [6, 6.07) is 14.8. The van der Waals surface area contributed by atoms with Gasteiger partial charge in [-0.15, -0.1) is 0 Å². The Kier molecular flexibility index (Phi) is 4.67. The van der Waals surface area contributed by atoms with E-state index in [9.17, 15) is 8.78 Å². The molecule has 0 saturated carbocycles. The fraction of sp³-hybridized carbons (Fsp3) is 0.100. The van der Waals surface area contributed by atoms with E-state index in [-0.39, 0.29) is 11.6 Å². The lowest BCUT2D eigenvalue weighted by Crippen LogP contribution is -1.98. The zero-order chi connectivity index (χ0) is 17.3. The second-order valence-electron chi connectivity index (χ2n) is 5.40. The average Bonchev–Trinajstić information content (AvgIpc) is 2.58. The summed E-state index contributed by atoms with van der Waals surface area (Å²) in [6.45, 7) is 1.87. The Bertz CT molecular complexity index is 906. The molecule has 3 aromatic rings. The van der Waals surface area contributed by atoms with Crippen molar-refractivity contribution in [1.82, 2.24) is 0 Å². The van der Waals surface area contributed by atoms with Crippen LogP contribution in [0.5, 0.6) is 5.75 Å². The molecular weight excluding hydrogens is 374 g/mol. The Morgan fingerprint density at radius 3 is 1.92 bits per heavy atom. The van der Waals surface area contributed by atoms with Gasteiger partial charge in [0, 0.05) is 26.7 Å². The molecule has 3 aromatic carbocycles. The molecule has 0 spiro atoms. The lowest BCUT2D eigenvalue weighted by Gasteiger charge is -2.19. The predicted octanol–water partition coefficient (Wildman–Crippen LogP) is 6.38. The maximum atomic E-state index is 14.4. The summed E-state index contributed by atoms with van der Waals surface area (Å²) in [4.78, 5) is 0. The highest BCUT2D eigenvalue weighted by molar-refractivity contribution is 9.10. The van der Waals surface area contributed by atoms with E-state index in [0.717, 1.165) is 10.0 Å². The second-order valence-corrected chi connectivity index (χ2v) is 6.25. The SMILES string of the molecule is COc1c(-c2ccccc2F)cc(Br)c(C)c1-c1ccccc1F. The van der Waals surface area contributed by atoms with Gasteiger partial charge in [-0.3, -0.25) is 0 Å². The van der Waals surface area contributed by atoms with Gasteiger partial charge in [0.15, 0.2) is 0 Å². The van der Waals surface area contributed by atoms with Crippen LogP contribution in [0, 0.1) is 18.6 Å². The topological polar surface area (TPSA) is 9.23 Å². The summed E-state index contributed by atoms with van der Waals surface area (Å²) in [6.07, 6.45) is 0. The van der Waals surface area contributed by atoms with Crippen LogP contribution in [0.2, 0.25) is 0 Å². The summed E-state index contributed by atoms with van der Waals surface area (Å²) in [5, 5.41) is 0. The maximum Gasteiger partial charge on any atom is 0.135 e. The van der Waals surface area contributed by atoms with E-state index in [1.54, 1.807) is 42.5 Å². The fourth-order valence-corrected chi connectivity index (χ4v) is 3.23. The minimum absolute atomic E-state index is 0.350. The zero-order valence-corrected chi connectivity index (χ0v) is 14.8. The number of methoxy groups -OCH3 is 1. The van der Waals surface area contributed by atoms with Gasteiger partial charge in [-0.25, -0.2) is 8.78 Å². The highest BCUT2D eigenvalue weighted by atomic mass is 79.9. The van der Waals surface area contributed by atoms with Gasteiger partial charge in [0.1, 0.15) is 17.4 Å². The summed E-state index contributed by atoms with van der Waals surface area (Å²) in [5.41, 5.74) is 2.85. The van der Waals surface area contributed by atoms with E-state index >= 15 is 0 Å². The van der Waals surface area contributed by atoms with Crippen LogP contribution in [0.15, 0.2) is 59.1 Å². The van der Waals surface area contributed by atoms with E-state index < -0.39 is 0 Å². The van der Waals surface area contributed by atoms with Crippen molar-refractivity contribution in [3.63, 3.8) is 0 Å². The van der Waals surface area contributed by atoms with E-state index in [2.05, 4.69) is 15.9 Å². The number of hydrogen-bond acceptors (Lipinski definition) is 1. The molecule has 0 saturated heterocycles. The summed E-state index contributed by atoms with van der Waals surface area (Å²) >= 11 is 3.50. The van der Waals surface area contributed by atoms with Crippen molar-refractivity contribution >= 4 is 15.9 Å². The Morgan fingerprint density at radius 2 is 1.38 bits per heavy atom. The number of rotatable bonds is 3. The van der Waals surface area contributed by atoms with Gasteiger partial charge >= 0.3 is 0 Å². The van der Waals surface area contributed by atoms with Crippen LogP contribution < -0.4 is 4.74 Å². The average molecular weight is 389 g/mol. The molecule has 0 aliphatic carbocycles. The quantitative estimate of drug-likeness (QED) is 0.505. The zero-order valence-electron chi connectivity index (χ0n) is 13.2. The van der Waals surface area contributed by atoms with Crippen LogP contribution in [-0.2, 0) is 0 Å². The molecule has 3 rings (SSSR count). The molecule has 0 atom stereocenters. The largest absolute Gasteiger partial charge is 0.495 e. The highest BCUT2D eigenvalue weighted by Crippen LogP contribution is 2.45. The van der Waals surface area contributed by atoms with Crippen molar-refractivity contribution in [3.05, 3.63) is 76.3 Å². The van der Waals surface area contributed by atoms with Crippen molar-refractivity contribution in [2.24, 2.45) is 0 Å². The molecule has 0 radical (unpaired) electrons. The van der Waals surface area contributed by atoms with E-state index in [4.69, 9.17) is 4.74 Å². The molecule has 0 amide bonds.